The Balaban J connectivity index is 1.60. The van der Waals surface area contributed by atoms with Gasteiger partial charge in [0.1, 0.15) is 23.9 Å². The second kappa shape index (κ2) is 19.4. The Morgan fingerprint density at radius 3 is 2.54 bits per heavy atom. The van der Waals surface area contributed by atoms with E-state index in [2.05, 4.69) is 15.6 Å². The number of Topliss-reactive ketones (excluding diaryl/α,β-unsaturated/α-hetero) is 2. The van der Waals surface area contributed by atoms with E-state index in [9.17, 15) is 29.5 Å². The van der Waals surface area contributed by atoms with Gasteiger partial charge in [0, 0.05) is 36.0 Å². The minimum atomic E-state index is -1.50. The highest BCUT2D eigenvalue weighted by Gasteiger charge is 2.58. The van der Waals surface area contributed by atoms with E-state index in [0.29, 0.717) is 6.42 Å². The van der Waals surface area contributed by atoms with Gasteiger partial charge in [-0.15, -0.1) is 0 Å². The summed E-state index contributed by atoms with van der Waals surface area (Å²) in [6.07, 6.45) is 0.567. The summed E-state index contributed by atoms with van der Waals surface area (Å²) in [5.41, 5.74) is -1.25. The summed E-state index contributed by atoms with van der Waals surface area (Å²) in [6, 6.07) is 10.5. The highest BCUT2D eigenvalue weighted by atomic mass is 16.7. The number of para-hydroxylation sites is 1. The normalized spacial score (nSPS) is 36.1. The maximum absolute atomic E-state index is 14.9. The molecule has 1 amide bonds. The SMILES string of the molecule is CCC1OC(=O)C(C)C(=O)C(C)C(OC2OC(C)CC(N(C)C)C2O)C(C)(OCC=Cc2cnc3ccccc3c2)CC(C)C(=O)C(CNCC#N)C2NC(=O)OC12C. The number of nitriles is 1. The summed E-state index contributed by atoms with van der Waals surface area (Å²) in [7, 11) is 3.71. The molecule has 1 aromatic carbocycles. The van der Waals surface area contributed by atoms with Crippen LogP contribution in [0, 0.1) is 35.0 Å². The predicted molar refractivity (Wildman–Crippen MR) is 219 cm³/mol. The molecular weight excluding hydrogens is 759 g/mol. The molecule has 5 rings (SSSR count). The average Bonchev–Trinajstić information content (AvgIpc) is 3.51. The molecule has 1 aromatic heterocycles. The molecule has 15 heteroatoms. The Labute approximate surface area is 347 Å². The largest absolute Gasteiger partial charge is 0.458 e. The van der Waals surface area contributed by atoms with Crippen molar-refractivity contribution in [2.75, 3.05) is 33.8 Å². The number of likely N-dealkylation sites (N-methyl/N-ethyl adjacent to an activating group) is 1. The van der Waals surface area contributed by atoms with E-state index in [1.807, 2.05) is 74.5 Å². The lowest BCUT2D eigenvalue weighted by Gasteiger charge is -2.47. The van der Waals surface area contributed by atoms with Crippen LogP contribution in [0.5, 0.6) is 0 Å². The summed E-state index contributed by atoms with van der Waals surface area (Å²) in [6.45, 7) is 11.8. The minimum Gasteiger partial charge on any atom is -0.458 e. The Morgan fingerprint density at radius 1 is 1.12 bits per heavy atom. The van der Waals surface area contributed by atoms with Crippen molar-refractivity contribution in [3.8, 4) is 6.07 Å². The van der Waals surface area contributed by atoms with Gasteiger partial charge in [-0.25, -0.2) is 4.79 Å². The first-order valence-electron chi connectivity index (χ1n) is 20.6. The zero-order valence-corrected chi connectivity index (χ0v) is 35.7. The van der Waals surface area contributed by atoms with E-state index in [0.717, 1.165) is 16.5 Å². The van der Waals surface area contributed by atoms with Gasteiger partial charge >= 0.3 is 12.1 Å². The Hall–Kier alpha value is -4.30. The molecule has 4 heterocycles. The third kappa shape index (κ3) is 10.2. The third-order valence-corrected chi connectivity index (χ3v) is 12.3. The fraction of sp³-hybridized carbons (Fsp3) is 0.636. The summed E-state index contributed by atoms with van der Waals surface area (Å²) in [4.78, 5) is 62.8. The number of fused-ring (bicyclic) bond motifs is 2. The molecule has 0 aliphatic carbocycles. The molecule has 3 aliphatic heterocycles. The van der Waals surface area contributed by atoms with Crippen molar-refractivity contribution >= 4 is 40.6 Å². The highest BCUT2D eigenvalue weighted by molar-refractivity contribution is 6.00. The summed E-state index contributed by atoms with van der Waals surface area (Å²) in [5, 5.41) is 27.8. The molecule has 3 N–H and O–H groups in total. The number of aliphatic hydroxyl groups is 1. The van der Waals surface area contributed by atoms with Gasteiger partial charge in [0.2, 0.25) is 0 Å². The molecule has 13 unspecified atom stereocenters. The number of hydrogen-bond donors (Lipinski definition) is 3. The van der Waals surface area contributed by atoms with Gasteiger partial charge in [-0.3, -0.25) is 19.4 Å². The number of nitrogens with one attached hydrogen (secondary N) is 2. The molecule has 13 atom stereocenters. The van der Waals surface area contributed by atoms with E-state index in [-0.39, 0.29) is 50.5 Å². The quantitative estimate of drug-likeness (QED) is 0.126. The van der Waals surface area contributed by atoms with Crippen molar-refractivity contribution in [2.24, 2.45) is 23.7 Å². The van der Waals surface area contributed by atoms with Crippen LogP contribution in [0.4, 0.5) is 4.79 Å². The molecule has 2 aromatic rings. The number of aliphatic hydroxyl groups excluding tert-OH is 1. The van der Waals surface area contributed by atoms with Crippen molar-refractivity contribution < 1.29 is 48.0 Å². The van der Waals surface area contributed by atoms with Crippen molar-refractivity contribution in [3.63, 3.8) is 0 Å². The number of carbonyl (C=O) groups excluding carboxylic acids is 4. The number of esters is 1. The van der Waals surface area contributed by atoms with E-state index < -0.39 is 83.4 Å². The van der Waals surface area contributed by atoms with Crippen molar-refractivity contribution in [1.82, 2.24) is 20.5 Å². The molecule has 3 saturated heterocycles. The Bertz CT molecular complexity index is 1900. The standard InChI is InChI=1S/C44H61N5O10/c1-10-34-44(7)38(48-42(54)59-44)31(24-46-18-17-45)35(50)25(2)22-43(6,55-19-13-14-29-21-30-15-11-12-16-32(30)47-23-29)39(27(4)36(51)28(5)40(53)57-34)58-41-37(52)33(49(8)9)20-26(3)56-41/h11-16,21,23,25-28,31,33-34,37-39,41,46,52H,10,18-20,22,24H2,1-9H3,(H,48,54). The van der Waals surface area contributed by atoms with E-state index in [1.54, 1.807) is 40.8 Å². The zero-order valence-electron chi connectivity index (χ0n) is 35.7. The maximum Gasteiger partial charge on any atom is 0.408 e. The number of rotatable bonds is 11. The van der Waals surface area contributed by atoms with Crippen LogP contribution >= 0.6 is 0 Å². The number of nitrogens with zero attached hydrogens (tertiary/aromatic N) is 3. The van der Waals surface area contributed by atoms with Gasteiger partial charge < -0.3 is 44.3 Å². The van der Waals surface area contributed by atoms with Gasteiger partial charge in [0.25, 0.3) is 0 Å². The topological polar surface area (TPSA) is 199 Å². The minimum absolute atomic E-state index is 0.00223. The van der Waals surface area contributed by atoms with E-state index >= 15 is 0 Å². The fourth-order valence-electron chi connectivity index (χ4n) is 9.03. The van der Waals surface area contributed by atoms with Crippen molar-refractivity contribution in [1.29, 1.82) is 5.26 Å². The van der Waals surface area contributed by atoms with Gasteiger partial charge in [-0.2, -0.15) is 5.26 Å². The maximum atomic E-state index is 14.9. The van der Waals surface area contributed by atoms with Crippen LogP contribution in [0.2, 0.25) is 0 Å². The van der Waals surface area contributed by atoms with Gasteiger partial charge in [-0.1, -0.05) is 51.1 Å². The van der Waals surface area contributed by atoms with Crippen LogP contribution in [0.3, 0.4) is 0 Å². The number of aromatic nitrogens is 1. The monoisotopic (exact) mass is 819 g/mol. The second-order valence-electron chi connectivity index (χ2n) is 17.0. The van der Waals surface area contributed by atoms with Gasteiger partial charge in [0.15, 0.2) is 17.7 Å². The van der Waals surface area contributed by atoms with Crippen molar-refractivity contribution in [2.45, 2.75) is 122 Å². The molecule has 322 valence electrons. The van der Waals surface area contributed by atoms with Crippen LogP contribution < -0.4 is 10.6 Å². The number of ketones is 2. The number of cyclic esters (lactones) is 1. The zero-order chi connectivity index (χ0) is 43.2. The smallest absolute Gasteiger partial charge is 0.408 e. The molecule has 3 fully saturated rings. The van der Waals surface area contributed by atoms with Crippen molar-refractivity contribution in [3.05, 3.63) is 48.2 Å². The number of ether oxygens (including phenoxy) is 5. The van der Waals surface area contributed by atoms with Crippen LogP contribution in [0.1, 0.15) is 73.3 Å². The molecule has 15 nitrogen and oxygen atoms in total. The summed E-state index contributed by atoms with van der Waals surface area (Å²) < 4.78 is 31.6. The highest BCUT2D eigenvalue weighted by Crippen LogP contribution is 2.40. The average molecular weight is 820 g/mol. The van der Waals surface area contributed by atoms with Gasteiger partial charge in [0.05, 0.1) is 54.5 Å². The lowest BCUT2D eigenvalue weighted by atomic mass is 9.73. The van der Waals surface area contributed by atoms with Crippen LogP contribution in [-0.4, -0.2) is 126 Å². The molecule has 0 bridgehead atoms. The first-order valence-corrected chi connectivity index (χ1v) is 20.6. The number of hydrogen-bond acceptors (Lipinski definition) is 14. The molecule has 0 saturated carbocycles. The molecular formula is C44H61N5O10. The first kappa shape index (κ1) is 45.8. The molecule has 3 aliphatic rings. The third-order valence-electron chi connectivity index (χ3n) is 12.3. The number of alkyl carbamates (subject to hydrolysis) is 1. The number of benzene rings is 1. The lowest BCUT2D eigenvalue weighted by Crippen LogP contribution is -2.61. The Kier molecular flexibility index (Phi) is 15.0. The van der Waals surface area contributed by atoms with E-state index in [4.69, 9.17) is 23.7 Å². The number of pyridine rings is 1. The number of amides is 1. The predicted octanol–water partition coefficient (Wildman–Crippen LogP) is 4.20. The first-order chi connectivity index (χ1) is 27.9. The molecule has 0 spiro atoms. The van der Waals surface area contributed by atoms with E-state index in [1.165, 1.54) is 6.92 Å². The van der Waals surface area contributed by atoms with Crippen LogP contribution in [0.25, 0.3) is 17.0 Å². The molecule has 0 radical (unpaired) electrons. The number of carbonyl (C=O) groups is 4. The fourth-order valence-corrected chi connectivity index (χ4v) is 9.03. The second-order valence-corrected chi connectivity index (χ2v) is 17.0. The summed E-state index contributed by atoms with van der Waals surface area (Å²) >= 11 is 0. The Morgan fingerprint density at radius 2 is 1.85 bits per heavy atom. The molecule has 59 heavy (non-hydrogen) atoms. The van der Waals surface area contributed by atoms with Crippen LogP contribution in [-0.2, 0) is 38.1 Å². The van der Waals surface area contributed by atoms with Crippen LogP contribution in [0.15, 0.2) is 42.6 Å². The van der Waals surface area contributed by atoms with Gasteiger partial charge in [-0.05, 0) is 78.7 Å². The lowest BCUT2D eigenvalue weighted by molar-refractivity contribution is -0.296. The summed E-state index contributed by atoms with van der Waals surface area (Å²) in [5.74, 6) is -5.71.